The largest absolute Gasteiger partial charge is 0.425 e. The minimum Gasteiger partial charge on any atom is -0.425 e. The van der Waals surface area contributed by atoms with E-state index in [1.807, 2.05) is 30.3 Å². The molecular weight excluding hydrogens is 366 g/mol. The predicted molar refractivity (Wildman–Crippen MR) is 106 cm³/mol. The van der Waals surface area contributed by atoms with Crippen molar-refractivity contribution in [3.63, 3.8) is 0 Å². The second-order valence-corrected chi connectivity index (χ2v) is 8.43. The first-order chi connectivity index (χ1) is 14.1. The highest BCUT2D eigenvalue weighted by Gasteiger charge is 2.61. The lowest BCUT2D eigenvalue weighted by atomic mass is 9.81. The van der Waals surface area contributed by atoms with Crippen molar-refractivity contribution < 1.29 is 19.1 Å². The lowest BCUT2D eigenvalue weighted by Gasteiger charge is -2.19. The maximum atomic E-state index is 12.7. The zero-order valence-electron chi connectivity index (χ0n) is 16.1. The van der Waals surface area contributed by atoms with E-state index in [0.29, 0.717) is 17.6 Å². The standard InChI is InChI=1S/C24H23NO4/c26-20(14-25-23(27)21-17-8-9-18(13-17)22(21)24(25)28)29-19-10-6-16(7-11-19)12-15-4-2-1-3-5-15/h1-7,10-11,17-18,21-22H,8-9,12-14H2/t17-,18+,21-,22-/m0/s1. The highest BCUT2D eigenvalue weighted by molar-refractivity contribution is 6.07. The number of hydrogen-bond acceptors (Lipinski definition) is 4. The first-order valence-corrected chi connectivity index (χ1v) is 10.3. The predicted octanol–water partition coefficient (Wildman–Crippen LogP) is 3.21. The summed E-state index contributed by atoms with van der Waals surface area (Å²) < 4.78 is 5.38. The lowest BCUT2D eigenvalue weighted by molar-refractivity contribution is -0.148. The number of hydrogen-bond donors (Lipinski definition) is 0. The van der Waals surface area contributed by atoms with E-state index in [9.17, 15) is 14.4 Å². The molecule has 1 saturated heterocycles. The molecule has 1 aliphatic heterocycles. The van der Waals surface area contributed by atoms with E-state index in [-0.39, 0.29) is 30.2 Å². The van der Waals surface area contributed by atoms with E-state index in [1.54, 1.807) is 12.1 Å². The molecule has 2 amide bonds. The van der Waals surface area contributed by atoms with E-state index in [1.165, 1.54) is 5.56 Å². The lowest BCUT2D eigenvalue weighted by Crippen LogP contribution is -2.38. The molecule has 3 fully saturated rings. The third-order valence-corrected chi connectivity index (χ3v) is 6.71. The third kappa shape index (κ3) is 3.24. The first-order valence-electron chi connectivity index (χ1n) is 10.3. The number of imide groups is 1. The second-order valence-electron chi connectivity index (χ2n) is 8.43. The van der Waals surface area contributed by atoms with Gasteiger partial charge in [0, 0.05) is 0 Å². The van der Waals surface area contributed by atoms with Gasteiger partial charge in [-0.1, -0.05) is 42.5 Å². The van der Waals surface area contributed by atoms with E-state index in [2.05, 4.69) is 12.1 Å². The average molecular weight is 389 g/mol. The molecule has 2 aromatic rings. The molecule has 3 aliphatic rings. The highest BCUT2D eigenvalue weighted by Crippen LogP contribution is 2.56. The number of fused-ring (bicyclic) bond motifs is 5. The molecule has 148 valence electrons. The zero-order chi connectivity index (χ0) is 20.0. The quantitative estimate of drug-likeness (QED) is 0.448. The van der Waals surface area contributed by atoms with Crippen molar-refractivity contribution in [1.29, 1.82) is 0 Å². The Bertz CT molecular complexity index is 925. The molecule has 2 bridgehead atoms. The summed E-state index contributed by atoms with van der Waals surface area (Å²) in [5.74, 6) is -0.275. The van der Waals surface area contributed by atoms with Crippen LogP contribution >= 0.6 is 0 Å². The summed E-state index contributed by atoms with van der Waals surface area (Å²) in [6.07, 6.45) is 3.84. The van der Waals surface area contributed by atoms with Crippen LogP contribution in [0.15, 0.2) is 54.6 Å². The summed E-state index contributed by atoms with van der Waals surface area (Å²) in [6, 6.07) is 17.5. The molecule has 29 heavy (non-hydrogen) atoms. The zero-order valence-corrected chi connectivity index (χ0v) is 16.1. The number of benzene rings is 2. The topological polar surface area (TPSA) is 63.7 Å². The molecule has 0 aromatic heterocycles. The van der Waals surface area contributed by atoms with Crippen LogP contribution in [-0.2, 0) is 20.8 Å². The Balaban J connectivity index is 1.20. The van der Waals surface area contributed by atoms with E-state index in [0.717, 1.165) is 36.1 Å². The van der Waals surface area contributed by atoms with Crippen LogP contribution in [0.2, 0.25) is 0 Å². The molecule has 0 N–H and O–H groups in total. The monoisotopic (exact) mass is 389 g/mol. The summed E-state index contributed by atoms with van der Waals surface area (Å²) >= 11 is 0. The number of rotatable bonds is 5. The number of carbonyl (C=O) groups is 3. The van der Waals surface area contributed by atoms with Crippen molar-refractivity contribution in [3.05, 3.63) is 65.7 Å². The van der Waals surface area contributed by atoms with Gasteiger partial charge in [0.05, 0.1) is 11.8 Å². The van der Waals surface area contributed by atoms with Gasteiger partial charge in [0.15, 0.2) is 0 Å². The Morgan fingerprint density at radius 3 is 2.07 bits per heavy atom. The Kier molecular flexibility index (Phi) is 4.46. The average Bonchev–Trinajstić information content (AvgIpc) is 3.40. The van der Waals surface area contributed by atoms with E-state index >= 15 is 0 Å². The minimum atomic E-state index is -0.574. The first kappa shape index (κ1) is 18.1. The van der Waals surface area contributed by atoms with E-state index in [4.69, 9.17) is 4.74 Å². The summed E-state index contributed by atoms with van der Waals surface area (Å²) in [5.41, 5.74) is 2.33. The molecule has 0 spiro atoms. The Hall–Kier alpha value is -2.95. The van der Waals surface area contributed by atoms with Gasteiger partial charge in [0.1, 0.15) is 12.3 Å². The van der Waals surface area contributed by atoms with Gasteiger partial charge in [-0.2, -0.15) is 0 Å². The van der Waals surface area contributed by atoms with Gasteiger partial charge in [-0.15, -0.1) is 0 Å². The van der Waals surface area contributed by atoms with Gasteiger partial charge >= 0.3 is 5.97 Å². The fourth-order valence-electron chi connectivity index (χ4n) is 5.43. The van der Waals surface area contributed by atoms with Gasteiger partial charge in [0.25, 0.3) is 0 Å². The van der Waals surface area contributed by atoms with Crippen molar-refractivity contribution in [2.45, 2.75) is 25.7 Å². The molecule has 5 nitrogen and oxygen atoms in total. The molecule has 5 heteroatoms. The maximum absolute atomic E-state index is 12.7. The Labute approximate surface area is 169 Å². The van der Waals surface area contributed by atoms with Crippen LogP contribution in [0.25, 0.3) is 0 Å². The van der Waals surface area contributed by atoms with Crippen LogP contribution in [0, 0.1) is 23.7 Å². The third-order valence-electron chi connectivity index (χ3n) is 6.71. The number of ether oxygens (including phenoxy) is 1. The van der Waals surface area contributed by atoms with E-state index < -0.39 is 5.97 Å². The Morgan fingerprint density at radius 2 is 1.45 bits per heavy atom. The molecule has 0 radical (unpaired) electrons. The van der Waals surface area contributed by atoms with Gasteiger partial charge < -0.3 is 4.74 Å². The van der Waals surface area contributed by atoms with Crippen molar-refractivity contribution in [2.24, 2.45) is 23.7 Å². The molecule has 2 aliphatic carbocycles. The van der Waals surface area contributed by atoms with Gasteiger partial charge in [-0.25, -0.2) is 4.79 Å². The molecule has 1 heterocycles. The van der Waals surface area contributed by atoms with Crippen molar-refractivity contribution in [2.75, 3.05) is 6.54 Å². The smallest absolute Gasteiger partial charge is 0.331 e. The van der Waals surface area contributed by atoms with Crippen LogP contribution < -0.4 is 4.74 Å². The maximum Gasteiger partial charge on any atom is 0.331 e. The normalized spacial score (nSPS) is 27.4. The summed E-state index contributed by atoms with van der Waals surface area (Å²) in [7, 11) is 0. The summed E-state index contributed by atoms with van der Waals surface area (Å²) in [5, 5.41) is 0. The SMILES string of the molecule is O=C(CN1C(=O)[C@H]2[C@@H]3CC[C@@H](C3)[C@@H]2C1=O)Oc1ccc(Cc2ccccc2)cc1. The fraction of sp³-hybridized carbons (Fsp3) is 0.375. The van der Waals surface area contributed by atoms with Crippen LogP contribution in [0.1, 0.15) is 30.4 Å². The molecule has 4 atom stereocenters. The molecule has 5 rings (SSSR count). The van der Waals surface area contributed by atoms with Gasteiger partial charge in [-0.3, -0.25) is 14.5 Å². The van der Waals surface area contributed by atoms with Crippen LogP contribution in [0.5, 0.6) is 5.75 Å². The molecule has 2 saturated carbocycles. The van der Waals surface area contributed by atoms with Crippen LogP contribution in [-0.4, -0.2) is 29.2 Å². The molecule has 2 aromatic carbocycles. The molecule has 0 unspecified atom stereocenters. The number of amides is 2. The summed E-state index contributed by atoms with van der Waals surface area (Å²) in [4.78, 5) is 38.9. The summed E-state index contributed by atoms with van der Waals surface area (Å²) in [6.45, 7) is -0.296. The van der Waals surface area contributed by atoms with Crippen molar-refractivity contribution in [1.82, 2.24) is 4.90 Å². The Morgan fingerprint density at radius 1 is 0.862 bits per heavy atom. The molecular formula is C24H23NO4. The van der Waals surface area contributed by atoms with Crippen LogP contribution in [0.4, 0.5) is 0 Å². The minimum absolute atomic E-state index is 0.178. The number of esters is 1. The number of likely N-dealkylation sites (tertiary alicyclic amines) is 1. The van der Waals surface area contributed by atoms with Gasteiger partial charge in [0.2, 0.25) is 11.8 Å². The van der Waals surface area contributed by atoms with Crippen LogP contribution in [0.3, 0.4) is 0 Å². The van der Waals surface area contributed by atoms with Crippen molar-refractivity contribution >= 4 is 17.8 Å². The number of nitrogens with zero attached hydrogens (tertiary/aromatic N) is 1. The fourth-order valence-corrected chi connectivity index (χ4v) is 5.43. The highest BCUT2D eigenvalue weighted by atomic mass is 16.5. The second kappa shape index (κ2) is 7.14. The number of carbonyl (C=O) groups excluding carboxylic acids is 3. The van der Waals surface area contributed by atoms with Crippen molar-refractivity contribution in [3.8, 4) is 5.75 Å². The van der Waals surface area contributed by atoms with Gasteiger partial charge in [-0.05, 0) is 60.8 Å².